The summed E-state index contributed by atoms with van der Waals surface area (Å²) >= 11 is 1.51. The van der Waals surface area contributed by atoms with Crippen molar-refractivity contribution in [2.24, 2.45) is 4.99 Å². The Morgan fingerprint density at radius 3 is 2.77 bits per heavy atom. The highest BCUT2D eigenvalue weighted by molar-refractivity contribution is 14.0. The zero-order valence-corrected chi connectivity index (χ0v) is 20.5. The van der Waals surface area contributed by atoms with Crippen LogP contribution in [0.25, 0.3) is 0 Å². The number of aromatic nitrogens is 1. The van der Waals surface area contributed by atoms with Gasteiger partial charge >= 0.3 is 0 Å². The van der Waals surface area contributed by atoms with E-state index < -0.39 is 5.60 Å². The van der Waals surface area contributed by atoms with Crippen LogP contribution in [-0.4, -0.2) is 29.1 Å². The van der Waals surface area contributed by atoms with Crippen molar-refractivity contribution < 1.29 is 14.2 Å². The summed E-state index contributed by atoms with van der Waals surface area (Å²) in [5.74, 6) is 0.929. The molecule has 1 unspecified atom stereocenters. The number of nitrogens with one attached hydrogen (secondary N) is 2. The van der Waals surface area contributed by atoms with Crippen molar-refractivity contribution in [1.82, 2.24) is 15.6 Å². The van der Waals surface area contributed by atoms with Crippen LogP contribution >= 0.6 is 35.3 Å². The number of guanidine groups is 1. The Bertz CT molecular complexity index is 983. The maximum Gasteiger partial charge on any atom is 0.224 e. The lowest BCUT2D eigenvalue weighted by Gasteiger charge is -2.23. The van der Waals surface area contributed by atoms with Crippen molar-refractivity contribution in [3.63, 3.8) is 0 Å². The fourth-order valence-corrected chi connectivity index (χ4v) is 3.50. The van der Waals surface area contributed by atoms with E-state index in [4.69, 9.17) is 4.74 Å². The van der Waals surface area contributed by atoms with E-state index in [1.54, 1.807) is 31.3 Å². The van der Waals surface area contributed by atoms with Gasteiger partial charge in [0.05, 0.1) is 13.1 Å². The molecule has 31 heavy (non-hydrogen) atoms. The van der Waals surface area contributed by atoms with Gasteiger partial charge in [0.1, 0.15) is 17.2 Å². The number of ether oxygens (including phenoxy) is 1. The van der Waals surface area contributed by atoms with Crippen LogP contribution < -0.4 is 15.4 Å². The Kier molecular flexibility index (Phi) is 9.66. The monoisotopic (exact) mass is 556 g/mol. The number of nitrogens with zero attached hydrogens (tertiary/aromatic N) is 2. The molecule has 0 saturated carbocycles. The number of hydrogen-bond donors (Lipinski definition) is 3. The third-order valence-electron chi connectivity index (χ3n) is 4.26. The molecule has 0 fully saturated rings. The standard InChI is InChI=1S/C22H25FN4O2S.HI/c1-3-24-21(27-15-22(2,28)19-10-6-12-30-19)26-14-16-7-5-11-25-20(16)29-18-9-4-8-17(23)13-18;/h4-13,28H,3,14-15H2,1-2H3,(H2,24,26,27);1H. The lowest BCUT2D eigenvalue weighted by molar-refractivity contribution is 0.0655. The molecule has 0 radical (unpaired) electrons. The van der Waals surface area contributed by atoms with E-state index in [9.17, 15) is 9.50 Å². The molecule has 2 aromatic heterocycles. The molecule has 1 atom stereocenters. The van der Waals surface area contributed by atoms with Crippen LogP contribution in [0.3, 0.4) is 0 Å². The van der Waals surface area contributed by atoms with E-state index in [2.05, 4.69) is 20.6 Å². The van der Waals surface area contributed by atoms with Gasteiger partial charge in [0, 0.05) is 29.2 Å². The van der Waals surface area contributed by atoms with Crippen molar-refractivity contribution in [2.45, 2.75) is 26.0 Å². The first-order valence-corrected chi connectivity index (χ1v) is 10.5. The molecule has 2 heterocycles. The van der Waals surface area contributed by atoms with Crippen LogP contribution in [0.15, 0.2) is 65.1 Å². The molecule has 0 aliphatic carbocycles. The minimum absolute atomic E-state index is 0. The van der Waals surface area contributed by atoms with Gasteiger partial charge in [0.25, 0.3) is 0 Å². The lowest BCUT2D eigenvalue weighted by Crippen LogP contribution is -2.44. The highest BCUT2D eigenvalue weighted by Crippen LogP contribution is 2.25. The van der Waals surface area contributed by atoms with Gasteiger partial charge in [0.15, 0.2) is 5.96 Å². The first kappa shape index (κ1) is 25.0. The first-order chi connectivity index (χ1) is 14.5. The second-order valence-electron chi connectivity index (χ2n) is 6.83. The predicted octanol–water partition coefficient (Wildman–Crippen LogP) is 4.66. The summed E-state index contributed by atoms with van der Waals surface area (Å²) in [7, 11) is 0. The minimum Gasteiger partial charge on any atom is -0.439 e. The van der Waals surface area contributed by atoms with Crippen molar-refractivity contribution in [2.75, 3.05) is 13.1 Å². The minimum atomic E-state index is -1.01. The summed E-state index contributed by atoms with van der Waals surface area (Å²) < 4.78 is 19.2. The van der Waals surface area contributed by atoms with Gasteiger partial charge in [-0.15, -0.1) is 35.3 Å². The van der Waals surface area contributed by atoms with Gasteiger partial charge in [-0.25, -0.2) is 14.4 Å². The first-order valence-electron chi connectivity index (χ1n) is 9.64. The molecular weight excluding hydrogens is 530 g/mol. The molecule has 0 bridgehead atoms. The molecule has 3 N–H and O–H groups in total. The van der Waals surface area contributed by atoms with Gasteiger partial charge in [0.2, 0.25) is 5.88 Å². The number of aliphatic hydroxyl groups is 1. The summed E-state index contributed by atoms with van der Waals surface area (Å²) in [5, 5.41) is 19.0. The average molecular weight is 556 g/mol. The summed E-state index contributed by atoms with van der Waals surface area (Å²) in [4.78, 5) is 9.71. The number of pyridine rings is 1. The molecular formula is C22H26FIN4O2S. The summed E-state index contributed by atoms with van der Waals surface area (Å²) in [6.45, 7) is 5.01. The molecule has 3 rings (SSSR count). The van der Waals surface area contributed by atoms with Crippen LogP contribution in [0.5, 0.6) is 11.6 Å². The molecule has 9 heteroatoms. The van der Waals surface area contributed by atoms with Crippen LogP contribution in [0, 0.1) is 5.82 Å². The Morgan fingerprint density at radius 2 is 2.06 bits per heavy atom. The molecule has 1 aromatic carbocycles. The highest BCUT2D eigenvalue weighted by atomic mass is 127. The molecule has 0 spiro atoms. The number of halogens is 2. The Labute approximate surface area is 202 Å². The lowest BCUT2D eigenvalue weighted by atomic mass is 10.1. The molecule has 0 saturated heterocycles. The van der Waals surface area contributed by atoms with Crippen molar-refractivity contribution in [3.05, 3.63) is 76.4 Å². The van der Waals surface area contributed by atoms with Crippen LogP contribution in [-0.2, 0) is 12.1 Å². The third kappa shape index (κ3) is 7.44. The van der Waals surface area contributed by atoms with E-state index in [1.165, 1.54) is 23.5 Å². The third-order valence-corrected chi connectivity index (χ3v) is 5.39. The molecule has 3 aromatic rings. The van der Waals surface area contributed by atoms with E-state index >= 15 is 0 Å². The Balaban J connectivity index is 0.00000341. The van der Waals surface area contributed by atoms with Gasteiger partial charge in [-0.05, 0) is 43.5 Å². The second kappa shape index (κ2) is 12.0. The van der Waals surface area contributed by atoms with Gasteiger partial charge in [-0.2, -0.15) is 0 Å². The van der Waals surface area contributed by atoms with Crippen LogP contribution in [0.4, 0.5) is 4.39 Å². The molecule has 0 amide bonds. The molecule has 0 aliphatic heterocycles. The van der Waals surface area contributed by atoms with E-state index in [1.807, 2.05) is 30.5 Å². The zero-order valence-electron chi connectivity index (χ0n) is 17.3. The normalized spacial score (nSPS) is 13.1. The predicted molar refractivity (Wildman–Crippen MR) is 133 cm³/mol. The number of hydrogen-bond acceptors (Lipinski definition) is 5. The van der Waals surface area contributed by atoms with E-state index in [-0.39, 0.29) is 29.8 Å². The van der Waals surface area contributed by atoms with E-state index in [0.717, 1.165) is 10.4 Å². The number of benzene rings is 1. The molecule has 166 valence electrons. The van der Waals surface area contributed by atoms with Gasteiger partial charge in [-0.3, -0.25) is 0 Å². The number of rotatable bonds is 8. The van der Waals surface area contributed by atoms with Crippen LogP contribution in [0.1, 0.15) is 24.3 Å². The summed E-state index contributed by atoms with van der Waals surface area (Å²) in [6.07, 6.45) is 1.61. The number of aliphatic imine (C=N–C) groups is 1. The van der Waals surface area contributed by atoms with E-state index in [0.29, 0.717) is 37.2 Å². The fourth-order valence-electron chi connectivity index (χ4n) is 2.71. The Hall–Kier alpha value is -2.24. The van der Waals surface area contributed by atoms with Crippen molar-refractivity contribution in [3.8, 4) is 11.6 Å². The zero-order chi connectivity index (χ0) is 21.4. The maximum atomic E-state index is 13.4. The quantitative estimate of drug-likeness (QED) is 0.214. The highest BCUT2D eigenvalue weighted by Gasteiger charge is 2.24. The summed E-state index contributed by atoms with van der Waals surface area (Å²) in [5.41, 5.74) is -0.256. The SMILES string of the molecule is CCNC(=NCc1cccnc1Oc1cccc(F)c1)NCC(C)(O)c1cccs1.I. The topological polar surface area (TPSA) is 78.8 Å². The Morgan fingerprint density at radius 1 is 1.23 bits per heavy atom. The largest absolute Gasteiger partial charge is 0.439 e. The maximum absolute atomic E-state index is 13.4. The second-order valence-corrected chi connectivity index (χ2v) is 7.77. The van der Waals surface area contributed by atoms with Crippen molar-refractivity contribution in [1.29, 1.82) is 0 Å². The molecule has 0 aliphatic rings. The fraction of sp³-hybridized carbons (Fsp3) is 0.273. The summed E-state index contributed by atoms with van der Waals surface area (Å²) in [6, 6.07) is 13.4. The van der Waals surface area contributed by atoms with Gasteiger partial charge < -0.3 is 20.5 Å². The van der Waals surface area contributed by atoms with Gasteiger partial charge in [-0.1, -0.05) is 18.2 Å². The molecule has 6 nitrogen and oxygen atoms in total. The number of thiophene rings is 1. The average Bonchev–Trinajstić information content (AvgIpc) is 3.27. The van der Waals surface area contributed by atoms with Crippen molar-refractivity contribution >= 4 is 41.3 Å². The smallest absolute Gasteiger partial charge is 0.224 e. The van der Waals surface area contributed by atoms with Crippen LogP contribution in [0.2, 0.25) is 0 Å².